The average Bonchev–Trinajstić information content (AvgIpc) is 3.23. The van der Waals surface area contributed by atoms with Gasteiger partial charge in [0.1, 0.15) is 11.6 Å². The van der Waals surface area contributed by atoms with Crippen LogP contribution in [0.4, 0.5) is 5.82 Å². The fraction of sp³-hybridized carbons (Fsp3) is 0.357. The smallest absolute Gasteiger partial charge is 0.133 e. The average molecular weight is 240 g/mol. The molecule has 2 aromatic heterocycles. The first kappa shape index (κ1) is 11.1. The minimum absolute atomic E-state index is 0.592. The summed E-state index contributed by atoms with van der Waals surface area (Å²) in [6.45, 7) is 2.84. The Balaban J connectivity index is 1.69. The van der Waals surface area contributed by atoms with Gasteiger partial charge in [-0.25, -0.2) is 9.97 Å². The third-order valence-electron chi connectivity index (χ3n) is 3.21. The zero-order chi connectivity index (χ0) is 12.4. The van der Waals surface area contributed by atoms with E-state index in [2.05, 4.69) is 27.2 Å². The molecule has 2 aromatic rings. The van der Waals surface area contributed by atoms with Crippen molar-refractivity contribution in [3.05, 3.63) is 47.7 Å². The molecule has 0 spiro atoms. The molecule has 3 rings (SSSR count). The summed E-state index contributed by atoms with van der Waals surface area (Å²) in [4.78, 5) is 12.9. The van der Waals surface area contributed by atoms with Crippen LogP contribution in [0.25, 0.3) is 0 Å². The molecule has 0 unspecified atom stereocenters. The van der Waals surface area contributed by atoms with Crippen molar-refractivity contribution < 1.29 is 0 Å². The Kier molecular flexibility index (Phi) is 2.92. The van der Waals surface area contributed by atoms with Gasteiger partial charge in [0.05, 0.1) is 0 Å². The normalized spacial score (nSPS) is 14.5. The summed E-state index contributed by atoms with van der Waals surface area (Å²) in [5, 5.41) is 3.35. The maximum atomic E-state index is 4.54. The van der Waals surface area contributed by atoms with Crippen LogP contribution in [0.2, 0.25) is 0 Å². The number of anilines is 1. The van der Waals surface area contributed by atoms with E-state index >= 15 is 0 Å². The van der Waals surface area contributed by atoms with E-state index < -0.39 is 0 Å². The van der Waals surface area contributed by atoms with Crippen molar-refractivity contribution in [1.29, 1.82) is 0 Å². The Morgan fingerprint density at radius 1 is 1.28 bits per heavy atom. The second-order valence-electron chi connectivity index (χ2n) is 4.73. The molecular formula is C14H16N4. The Labute approximate surface area is 107 Å². The summed E-state index contributed by atoms with van der Waals surface area (Å²) in [5.41, 5.74) is 2.44. The highest BCUT2D eigenvalue weighted by atomic mass is 15.0. The molecule has 0 aromatic carbocycles. The van der Waals surface area contributed by atoms with Crippen LogP contribution in [-0.4, -0.2) is 15.0 Å². The fourth-order valence-corrected chi connectivity index (χ4v) is 1.90. The highest BCUT2D eigenvalue weighted by molar-refractivity contribution is 5.36. The van der Waals surface area contributed by atoms with E-state index in [-0.39, 0.29) is 0 Å². The maximum absolute atomic E-state index is 4.54. The molecule has 4 nitrogen and oxygen atoms in total. The second-order valence-corrected chi connectivity index (χ2v) is 4.73. The number of aryl methyl sites for hydroxylation is 1. The lowest BCUT2D eigenvalue weighted by molar-refractivity contribution is 0.919. The molecule has 0 aliphatic heterocycles. The van der Waals surface area contributed by atoms with Gasteiger partial charge in [-0.2, -0.15) is 0 Å². The predicted octanol–water partition coefficient (Wildman–Crippen LogP) is 2.67. The molecule has 0 bridgehead atoms. The van der Waals surface area contributed by atoms with E-state index in [1.807, 2.05) is 30.7 Å². The van der Waals surface area contributed by atoms with E-state index in [0.717, 1.165) is 18.2 Å². The van der Waals surface area contributed by atoms with Gasteiger partial charge < -0.3 is 5.32 Å². The van der Waals surface area contributed by atoms with Crippen LogP contribution in [0.15, 0.2) is 30.7 Å². The van der Waals surface area contributed by atoms with Crippen LogP contribution in [0.1, 0.15) is 35.7 Å². The zero-order valence-electron chi connectivity index (χ0n) is 10.4. The van der Waals surface area contributed by atoms with Crippen LogP contribution in [-0.2, 0) is 6.54 Å². The molecular weight excluding hydrogens is 224 g/mol. The van der Waals surface area contributed by atoms with Crippen molar-refractivity contribution in [1.82, 2.24) is 15.0 Å². The second kappa shape index (κ2) is 4.72. The third kappa shape index (κ3) is 2.47. The number of nitrogens with zero attached hydrogens (tertiary/aromatic N) is 3. The van der Waals surface area contributed by atoms with Crippen molar-refractivity contribution in [2.24, 2.45) is 0 Å². The molecule has 1 aliphatic carbocycles. The number of pyridine rings is 1. The monoisotopic (exact) mass is 240 g/mol. The quantitative estimate of drug-likeness (QED) is 0.892. The van der Waals surface area contributed by atoms with E-state index in [1.54, 1.807) is 0 Å². The first-order chi connectivity index (χ1) is 8.83. The minimum Gasteiger partial charge on any atom is -0.366 e. The summed E-state index contributed by atoms with van der Waals surface area (Å²) < 4.78 is 0. The lowest BCUT2D eigenvalue weighted by Crippen LogP contribution is -2.05. The Bertz CT molecular complexity index is 549. The van der Waals surface area contributed by atoms with Gasteiger partial charge in [-0.3, -0.25) is 4.98 Å². The molecule has 92 valence electrons. The molecule has 1 aliphatic rings. The van der Waals surface area contributed by atoms with Gasteiger partial charge in [0.25, 0.3) is 0 Å². The molecule has 18 heavy (non-hydrogen) atoms. The summed E-state index contributed by atoms with van der Waals surface area (Å²) in [6.07, 6.45) is 7.99. The Morgan fingerprint density at radius 2 is 2.17 bits per heavy atom. The van der Waals surface area contributed by atoms with E-state index in [9.17, 15) is 0 Å². The Hall–Kier alpha value is -1.97. The highest BCUT2D eigenvalue weighted by Crippen LogP contribution is 2.38. The van der Waals surface area contributed by atoms with Crippen LogP contribution < -0.4 is 5.32 Å². The molecule has 0 amide bonds. The zero-order valence-corrected chi connectivity index (χ0v) is 10.4. The highest BCUT2D eigenvalue weighted by Gasteiger charge is 2.26. The number of hydrogen-bond donors (Lipinski definition) is 1. The molecule has 1 fully saturated rings. The van der Waals surface area contributed by atoms with Gasteiger partial charge in [-0.05, 0) is 43.0 Å². The van der Waals surface area contributed by atoms with E-state index in [4.69, 9.17) is 0 Å². The molecule has 1 saturated carbocycles. The van der Waals surface area contributed by atoms with Gasteiger partial charge in [0.15, 0.2) is 0 Å². The van der Waals surface area contributed by atoms with Crippen LogP contribution in [0.5, 0.6) is 0 Å². The van der Waals surface area contributed by atoms with Crippen LogP contribution in [0.3, 0.4) is 0 Å². The van der Waals surface area contributed by atoms with Gasteiger partial charge in [-0.15, -0.1) is 0 Å². The minimum atomic E-state index is 0.592. The van der Waals surface area contributed by atoms with Crippen molar-refractivity contribution >= 4 is 5.82 Å². The van der Waals surface area contributed by atoms with Crippen LogP contribution >= 0.6 is 0 Å². The molecule has 2 heterocycles. The summed E-state index contributed by atoms with van der Waals surface area (Å²) in [5.74, 6) is 2.48. The molecule has 0 saturated heterocycles. The number of aromatic nitrogens is 3. The number of rotatable bonds is 4. The number of hydrogen-bond acceptors (Lipinski definition) is 4. The number of nitrogens with one attached hydrogen (secondary N) is 1. The lowest BCUT2D eigenvalue weighted by Gasteiger charge is -2.08. The SMILES string of the molecule is Cc1cnccc1CNc1ccnc(C2CC2)n1. The predicted molar refractivity (Wildman–Crippen MR) is 70.3 cm³/mol. The molecule has 0 atom stereocenters. The van der Waals surface area contributed by atoms with Crippen molar-refractivity contribution in [3.63, 3.8) is 0 Å². The maximum Gasteiger partial charge on any atom is 0.133 e. The Morgan fingerprint density at radius 3 is 2.94 bits per heavy atom. The van der Waals surface area contributed by atoms with E-state index in [0.29, 0.717) is 5.92 Å². The summed E-state index contributed by atoms with van der Waals surface area (Å²) >= 11 is 0. The summed E-state index contributed by atoms with van der Waals surface area (Å²) in [6, 6.07) is 3.95. The fourth-order valence-electron chi connectivity index (χ4n) is 1.90. The van der Waals surface area contributed by atoms with Gasteiger partial charge in [0.2, 0.25) is 0 Å². The third-order valence-corrected chi connectivity index (χ3v) is 3.21. The van der Waals surface area contributed by atoms with Gasteiger partial charge in [-0.1, -0.05) is 0 Å². The van der Waals surface area contributed by atoms with E-state index in [1.165, 1.54) is 24.0 Å². The first-order valence-electron chi connectivity index (χ1n) is 6.29. The molecule has 1 N–H and O–H groups in total. The summed E-state index contributed by atoms with van der Waals surface area (Å²) in [7, 11) is 0. The van der Waals surface area contributed by atoms with Crippen molar-refractivity contribution in [3.8, 4) is 0 Å². The standard InChI is InChI=1S/C14H16N4/c1-10-8-15-6-4-12(10)9-17-13-5-7-16-14(18-13)11-2-3-11/h4-8,11H,2-3,9H2,1H3,(H,16,17,18). The lowest BCUT2D eigenvalue weighted by atomic mass is 10.1. The molecule has 4 heteroatoms. The largest absolute Gasteiger partial charge is 0.366 e. The van der Waals surface area contributed by atoms with Gasteiger partial charge in [0, 0.05) is 31.1 Å². The van der Waals surface area contributed by atoms with Crippen LogP contribution in [0, 0.1) is 6.92 Å². The first-order valence-corrected chi connectivity index (χ1v) is 6.29. The van der Waals surface area contributed by atoms with Crippen molar-refractivity contribution in [2.75, 3.05) is 5.32 Å². The topological polar surface area (TPSA) is 50.7 Å². The molecule has 0 radical (unpaired) electrons. The van der Waals surface area contributed by atoms with Crippen molar-refractivity contribution in [2.45, 2.75) is 32.2 Å². The van der Waals surface area contributed by atoms with Gasteiger partial charge >= 0.3 is 0 Å².